The first-order chi connectivity index (χ1) is 9.31. The van der Waals surface area contributed by atoms with Crippen molar-refractivity contribution in [2.45, 2.75) is 26.8 Å². The first kappa shape index (κ1) is 17.2. The lowest BCUT2D eigenvalue weighted by atomic mass is 10.2. The molecule has 0 aliphatic carbocycles. The third-order valence-electron chi connectivity index (χ3n) is 2.57. The van der Waals surface area contributed by atoms with Gasteiger partial charge in [0.25, 0.3) is 0 Å². The molecule has 0 aromatic heterocycles. The molecule has 1 rings (SSSR count). The van der Waals surface area contributed by atoms with E-state index in [0.29, 0.717) is 22.1 Å². The van der Waals surface area contributed by atoms with Gasteiger partial charge in [0.1, 0.15) is 0 Å². The Balaban J connectivity index is 2.74. The number of nitrogens with zero attached hydrogens (tertiary/aromatic N) is 1. The molecule has 20 heavy (non-hydrogen) atoms. The number of hydrogen-bond donors (Lipinski definition) is 1. The summed E-state index contributed by atoms with van der Waals surface area (Å²) in [5.74, 6) is 0.454. The maximum atomic E-state index is 11.0. The van der Waals surface area contributed by atoms with Crippen LogP contribution in [0.1, 0.15) is 20.8 Å². The highest BCUT2D eigenvalue weighted by atomic mass is 79.9. The molecule has 112 valence electrons. The van der Waals surface area contributed by atoms with Gasteiger partial charge in [-0.05, 0) is 22.0 Å². The van der Waals surface area contributed by atoms with Crippen LogP contribution in [-0.4, -0.2) is 24.1 Å². The lowest BCUT2D eigenvalue weighted by Gasteiger charge is -2.16. The van der Waals surface area contributed by atoms with Gasteiger partial charge in [-0.1, -0.05) is 32.4 Å². The molecule has 1 atom stereocenters. The fourth-order valence-electron chi connectivity index (χ4n) is 1.55. The average Bonchev–Trinajstić information content (AvgIpc) is 2.34. The largest absolute Gasteiger partial charge is 0.486 e. The van der Waals surface area contributed by atoms with Gasteiger partial charge < -0.3 is 10.1 Å². The topological polar surface area (TPSA) is 64.4 Å². The van der Waals surface area contributed by atoms with Gasteiger partial charge in [-0.2, -0.15) is 0 Å². The molecule has 0 saturated carbocycles. The molecule has 0 amide bonds. The highest BCUT2D eigenvalue weighted by Gasteiger charge is 2.20. The zero-order chi connectivity index (χ0) is 15.3. The predicted octanol–water partition coefficient (Wildman–Crippen LogP) is 4.02. The molecule has 0 radical (unpaired) electrons. The Morgan fingerprint density at radius 3 is 2.65 bits per heavy atom. The van der Waals surface area contributed by atoms with E-state index in [1.54, 1.807) is 6.07 Å². The van der Waals surface area contributed by atoms with Crippen molar-refractivity contribution in [1.29, 1.82) is 0 Å². The molecule has 0 heterocycles. The molecule has 0 fully saturated rings. The monoisotopic (exact) mass is 364 g/mol. The van der Waals surface area contributed by atoms with E-state index in [4.69, 9.17) is 16.3 Å². The summed E-state index contributed by atoms with van der Waals surface area (Å²) in [6.07, 6.45) is 0. The van der Waals surface area contributed by atoms with Gasteiger partial charge in [-0.15, -0.1) is 0 Å². The van der Waals surface area contributed by atoms with Gasteiger partial charge in [0, 0.05) is 29.6 Å². The molecular formula is C13H18BrClN2O3. The molecule has 7 heteroatoms. The van der Waals surface area contributed by atoms with Gasteiger partial charge in [-0.25, -0.2) is 0 Å². The van der Waals surface area contributed by atoms with Gasteiger partial charge in [-0.3, -0.25) is 10.1 Å². The molecule has 1 unspecified atom stereocenters. The SMILES string of the molecule is CC(CNC(C)C)COc1c(Br)cc(Cl)cc1[N+](=O)[O-]. The van der Waals surface area contributed by atoms with Crippen molar-refractivity contribution in [2.24, 2.45) is 5.92 Å². The van der Waals surface area contributed by atoms with Crippen LogP contribution in [0.3, 0.4) is 0 Å². The minimum absolute atomic E-state index is 0.131. The van der Waals surface area contributed by atoms with E-state index in [0.717, 1.165) is 6.54 Å². The Morgan fingerprint density at radius 2 is 2.10 bits per heavy atom. The second kappa shape index (κ2) is 7.81. The molecular weight excluding hydrogens is 348 g/mol. The van der Waals surface area contributed by atoms with Crippen LogP contribution in [0.2, 0.25) is 5.02 Å². The molecule has 0 aliphatic rings. The van der Waals surface area contributed by atoms with Gasteiger partial charge in [0.15, 0.2) is 0 Å². The Labute approximate surface area is 131 Å². The summed E-state index contributed by atoms with van der Waals surface area (Å²) in [5.41, 5.74) is -0.131. The number of benzene rings is 1. The van der Waals surface area contributed by atoms with Crippen molar-refractivity contribution >= 4 is 33.2 Å². The van der Waals surface area contributed by atoms with Gasteiger partial charge in [0.2, 0.25) is 5.75 Å². The lowest BCUT2D eigenvalue weighted by molar-refractivity contribution is -0.386. The smallest absolute Gasteiger partial charge is 0.313 e. The zero-order valence-electron chi connectivity index (χ0n) is 11.7. The minimum Gasteiger partial charge on any atom is -0.486 e. The van der Waals surface area contributed by atoms with Crippen LogP contribution >= 0.6 is 27.5 Å². The number of nitrogens with one attached hydrogen (secondary N) is 1. The van der Waals surface area contributed by atoms with Crippen LogP contribution in [0, 0.1) is 16.0 Å². The Morgan fingerprint density at radius 1 is 1.45 bits per heavy atom. The van der Waals surface area contributed by atoms with Crippen molar-refractivity contribution < 1.29 is 9.66 Å². The molecule has 1 N–H and O–H groups in total. The molecule has 5 nitrogen and oxygen atoms in total. The molecule has 1 aromatic rings. The first-order valence-electron chi connectivity index (χ1n) is 6.30. The Bertz CT molecular complexity index is 483. The van der Waals surface area contributed by atoms with Crippen molar-refractivity contribution in [1.82, 2.24) is 5.32 Å². The van der Waals surface area contributed by atoms with Crippen molar-refractivity contribution in [3.8, 4) is 5.75 Å². The first-order valence-corrected chi connectivity index (χ1v) is 7.48. The van der Waals surface area contributed by atoms with Crippen LogP contribution in [-0.2, 0) is 0 Å². The third-order valence-corrected chi connectivity index (χ3v) is 3.38. The number of ether oxygens (including phenoxy) is 1. The van der Waals surface area contributed by atoms with E-state index in [-0.39, 0.29) is 17.4 Å². The summed E-state index contributed by atoms with van der Waals surface area (Å²) in [4.78, 5) is 10.5. The molecule has 1 aromatic carbocycles. The van der Waals surface area contributed by atoms with E-state index >= 15 is 0 Å². The van der Waals surface area contributed by atoms with Crippen LogP contribution in [0.15, 0.2) is 16.6 Å². The fourth-order valence-corrected chi connectivity index (χ4v) is 2.46. The summed E-state index contributed by atoms with van der Waals surface area (Å²) < 4.78 is 6.08. The lowest BCUT2D eigenvalue weighted by Crippen LogP contribution is -2.30. The van der Waals surface area contributed by atoms with Crippen molar-refractivity contribution in [2.75, 3.05) is 13.2 Å². The summed E-state index contributed by atoms with van der Waals surface area (Å²) >= 11 is 9.06. The summed E-state index contributed by atoms with van der Waals surface area (Å²) in [6, 6.07) is 3.27. The highest BCUT2D eigenvalue weighted by molar-refractivity contribution is 9.10. The van der Waals surface area contributed by atoms with Crippen molar-refractivity contribution in [3.05, 3.63) is 31.7 Å². The minimum atomic E-state index is -0.497. The summed E-state index contributed by atoms with van der Waals surface area (Å²) in [6.45, 7) is 7.32. The van der Waals surface area contributed by atoms with Crippen LogP contribution in [0.25, 0.3) is 0 Å². The Hall–Kier alpha value is -0.850. The van der Waals surface area contributed by atoms with E-state index in [1.807, 2.05) is 6.92 Å². The van der Waals surface area contributed by atoms with E-state index in [1.165, 1.54) is 6.07 Å². The number of nitro groups is 1. The van der Waals surface area contributed by atoms with Crippen LogP contribution in [0.5, 0.6) is 5.75 Å². The molecule has 0 bridgehead atoms. The van der Waals surface area contributed by atoms with E-state index in [2.05, 4.69) is 35.1 Å². The standard InChI is InChI=1S/C13H18BrClN2O3/c1-8(2)16-6-9(3)7-20-13-11(14)4-10(15)5-12(13)17(18)19/h4-5,8-9,16H,6-7H2,1-3H3. The van der Waals surface area contributed by atoms with E-state index in [9.17, 15) is 10.1 Å². The highest BCUT2D eigenvalue weighted by Crippen LogP contribution is 2.38. The average molecular weight is 366 g/mol. The predicted molar refractivity (Wildman–Crippen MR) is 83.6 cm³/mol. The maximum absolute atomic E-state index is 11.0. The number of hydrogen-bond acceptors (Lipinski definition) is 4. The van der Waals surface area contributed by atoms with Crippen molar-refractivity contribution in [3.63, 3.8) is 0 Å². The van der Waals surface area contributed by atoms with Gasteiger partial charge >= 0.3 is 5.69 Å². The molecule has 0 saturated heterocycles. The second-order valence-corrected chi connectivity index (χ2v) is 6.26. The number of halogens is 2. The Kier molecular flexibility index (Phi) is 6.71. The third kappa shape index (κ3) is 5.26. The van der Waals surface area contributed by atoms with E-state index < -0.39 is 4.92 Å². The normalized spacial score (nSPS) is 12.5. The molecule has 0 aliphatic heterocycles. The summed E-state index contributed by atoms with van der Waals surface area (Å²) in [7, 11) is 0. The van der Waals surface area contributed by atoms with Gasteiger partial charge in [0.05, 0.1) is 16.0 Å². The number of nitro benzene ring substituents is 1. The second-order valence-electron chi connectivity index (χ2n) is 4.97. The zero-order valence-corrected chi connectivity index (χ0v) is 14.0. The maximum Gasteiger partial charge on any atom is 0.313 e. The number of rotatable bonds is 7. The summed E-state index contributed by atoms with van der Waals surface area (Å²) in [5, 5.41) is 14.6. The fraction of sp³-hybridized carbons (Fsp3) is 0.538. The quantitative estimate of drug-likeness (QED) is 0.585. The van der Waals surface area contributed by atoms with Crippen LogP contribution < -0.4 is 10.1 Å². The molecule has 0 spiro atoms. The van der Waals surface area contributed by atoms with Crippen LogP contribution in [0.4, 0.5) is 5.69 Å².